The molecule has 3 aromatic rings. The largest absolute Gasteiger partial charge is 0.459 e. The van der Waals surface area contributed by atoms with E-state index in [0.29, 0.717) is 24.2 Å². The lowest BCUT2D eigenvalue weighted by Gasteiger charge is -2.42. The summed E-state index contributed by atoms with van der Waals surface area (Å²) in [6, 6.07) is 18.4. The normalized spacial score (nSPS) is 25.3. The zero-order valence-corrected chi connectivity index (χ0v) is 19.2. The molecule has 4 atom stereocenters. The number of hydrogen-bond acceptors (Lipinski definition) is 7. The molecule has 0 aliphatic carbocycles. The minimum absolute atomic E-state index is 0.121. The average molecular weight is 479 g/mol. The van der Waals surface area contributed by atoms with Crippen LogP contribution in [0.3, 0.4) is 0 Å². The Morgan fingerprint density at radius 3 is 2.57 bits per heavy atom. The van der Waals surface area contributed by atoms with Crippen LogP contribution in [0.4, 0.5) is 0 Å². The number of H-pyrrole nitrogens is 1. The number of aryl methyl sites for hydroxylation is 1. The van der Waals surface area contributed by atoms with Crippen LogP contribution in [-0.2, 0) is 25.6 Å². The van der Waals surface area contributed by atoms with E-state index in [1.54, 1.807) is 31.2 Å². The van der Waals surface area contributed by atoms with Crippen LogP contribution in [0.5, 0.6) is 0 Å². The van der Waals surface area contributed by atoms with Gasteiger partial charge in [-0.05, 0) is 24.6 Å². The number of benzene rings is 2. The van der Waals surface area contributed by atoms with Crippen molar-refractivity contribution in [2.75, 3.05) is 13.2 Å². The molecule has 1 N–H and O–H groups in total. The molecule has 2 aliphatic heterocycles. The molecule has 2 aromatic carbocycles. The van der Waals surface area contributed by atoms with Crippen LogP contribution in [-0.4, -0.2) is 46.5 Å². The summed E-state index contributed by atoms with van der Waals surface area (Å²) in [5.74, 6) is -0.493. The SMILES string of the molecule is Cc1cn(C2CC3OCC(COC(=O)c4ccccc4)(O2)C3OCc2ccccc2)c(=O)[nH]c1=O. The van der Waals surface area contributed by atoms with Crippen LogP contribution in [0.2, 0.25) is 0 Å². The molecule has 0 spiro atoms. The maximum absolute atomic E-state index is 12.7. The zero-order valence-electron chi connectivity index (χ0n) is 19.2. The van der Waals surface area contributed by atoms with Crippen molar-refractivity contribution in [2.24, 2.45) is 0 Å². The number of ether oxygens (including phenoxy) is 4. The van der Waals surface area contributed by atoms with E-state index in [1.165, 1.54) is 10.8 Å². The van der Waals surface area contributed by atoms with Gasteiger partial charge in [-0.3, -0.25) is 14.3 Å². The van der Waals surface area contributed by atoms with E-state index in [9.17, 15) is 14.4 Å². The molecule has 3 heterocycles. The number of fused-ring (bicyclic) bond motifs is 2. The summed E-state index contributed by atoms with van der Waals surface area (Å²) >= 11 is 0. The molecule has 9 heteroatoms. The fourth-order valence-corrected chi connectivity index (χ4v) is 4.56. The predicted molar refractivity (Wildman–Crippen MR) is 125 cm³/mol. The summed E-state index contributed by atoms with van der Waals surface area (Å²) in [6.07, 6.45) is 0.158. The maximum Gasteiger partial charge on any atom is 0.338 e. The average Bonchev–Trinajstić information content (AvgIpc) is 3.08. The van der Waals surface area contributed by atoms with Crippen molar-refractivity contribution in [2.45, 2.75) is 44.0 Å². The van der Waals surface area contributed by atoms with Crippen LogP contribution in [0.1, 0.15) is 34.1 Å². The van der Waals surface area contributed by atoms with Crippen molar-refractivity contribution in [3.05, 3.63) is 104 Å². The molecular formula is C26H26N2O7. The number of carbonyl (C=O) groups excluding carboxylic acids is 1. The number of aromatic nitrogens is 2. The first-order valence-electron chi connectivity index (χ1n) is 11.4. The highest BCUT2D eigenvalue weighted by Crippen LogP contribution is 2.43. The highest BCUT2D eigenvalue weighted by atomic mass is 16.6. The van der Waals surface area contributed by atoms with Gasteiger partial charge in [0.2, 0.25) is 0 Å². The van der Waals surface area contributed by atoms with Crippen LogP contribution < -0.4 is 11.2 Å². The van der Waals surface area contributed by atoms with Crippen LogP contribution in [0, 0.1) is 6.92 Å². The van der Waals surface area contributed by atoms with E-state index < -0.39 is 41.3 Å². The molecule has 1 aromatic heterocycles. The molecule has 0 saturated carbocycles. The Kier molecular flexibility index (Phi) is 6.38. The molecular weight excluding hydrogens is 452 g/mol. The highest BCUT2D eigenvalue weighted by molar-refractivity contribution is 5.89. The van der Waals surface area contributed by atoms with Crippen molar-refractivity contribution in [1.82, 2.24) is 9.55 Å². The minimum Gasteiger partial charge on any atom is -0.459 e. The Bertz CT molecular complexity index is 1300. The highest BCUT2D eigenvalue weighted by Gasteiger charge is 2.58. The fourth-order valence-electron chi connectivity index (χ4n) is 4.56. The molecule has 0 radical (unpaired) electrons. The second-order valence-corrected chi connectivity index (χ2v) is 8.86. The van der Waals surface area contributed by atoms with Gasteiger partial charge in [-0.2, -0.15) is 0 Å². The van der Waals surface area contributed by atoms with Crippen molar-refractivity contribution in [3.8, 4) is 0 Å². The van der Waals surface area contributed by atoms with Gasteiger partial charge in [0, 0.05) is 18.2 Å². The maximum atomic E-state index is 12.7. The third kappa shape index (κ3) is 4.70. The van der Waals surface area contributed by atoms with E-state index in [4.69, 9.17) is 18.9 Å². The lowest BCUT2D eigenvalue weighted by molar-refractivity contribution is -0.224. The summed E-state index contributed by atoms with van der Waals surface area (Å²) in [4.78, 5) is 39.4. The van der Waals surface area contributed by atoms with Gasteiger partial charge >= 0.3 is 11.7 Å². The van der Waals surface area contributed by atoms with E-state index in [1.807, 2.05) is 36.4 Å². The number of aromatic amines is 1. The Labute approximate surface area is 201 Å². The van der Waals surface area contributed by atoms with Crippen molar-refractivity contribution < 1.29 is 23.7 Å². The minimum atomic E-state index is -1.13. The van der Waals surface area contributed by atoms with E-state index >= 15 is 0 Å². The van der Waals surface area contributed by atoms with Gasteiger partial charge in [-0.25, -0.2) is 9.59 Å². The number of rotatable bonds is 7. The molecule has 2 bridgehead atoms. The lowest BCUT2D eigenvalue weighted by Crippen LogP contribution is -2.57. The monoisotopic (exact) mass is 478 g/mol. The molecule has 5 rings (SSSR count). The lowest BCUT2D eigenvalue weighted by atomic mass is 9.91. The van der Waals surface area contributed by atoms with Crippen LogP contribution in [0.25, 0.3) is 0 Å². The first kappa shape index (κ1) is 23.2. The number of nitrogens with zero attached hydrogens (tertiary/aromatic N) is 1. The van der Waals surface area contributed by atoms with Crippen molar-refractivity contribution in [1.29, 1.82) is 0 Å². The Morgan fingerprint density at radius 2 is 1.83 bits per heavy atom. The fraction of sp³-hybridized carbons (Fsp3) is 0.346. The first-order valence-corrected chi connectivity index (χ1v) is 11.4. The number of esters is 1. The van der Waals surface area contributed by atoms with Gasteiger partial charge in [-0.15, -0.1) is 0 Å². The van der Waals surface area contributed by atoms with Gasteiger partial charge in [0.15, 0.2) is 5.60 Å². The summed E-state index contributed by atoms with van der Waals surface area (Å²) in [6.45, 7) is 1.95. The third-order valence-corrected chi connectivity index (χ3v) is 6.39. The summed E-state index contributed by atoms with van der Waals surface area (Å²) in [5, 5.41) is 0. The molecule has 2 fully saturated rings. The van der Waals surface area contributed by atoms with Crippen LogP contribution in [0.15, 0.2) is 76.4 Å². The Hall–Kier alpha value is -3.53. The Balaban J connectivity index is 1.41. The second kappa shape index (κ2) is 9.61. The third-order valence-electron chi connectivity index (χ3n) is 6.39. The molecule has 2 saturated heterocycles. The standard InChI is InChI=1S/C26H26N2O7/c1-17-13-28(25(31)27-23(17)29)21-12-20-22(32-14-18-8-4-2-5-9-18)26(35-21,15-33-20)16-34-24(30)19-10-6-3-7-11-19/h2-11,13,20-22H,12,14-16H2,1H3,(H,27,29,31). The molecule has 182 valence electrons. The molecule has 0 amide bonds. The smallest absolute Gasteiger partial charge is 0.338 e. The van der Waals surface area contributed by atoms with E-state index in [-0.39, 0.29) is 13.2 Å². The van der Waals surface area contributed by atoms with E-state index in [2.05, 4.69) is 4.98 Å². The van der Waals surface area contributed by atoms with Gasteiger partial charge in [0.25, 0.3) is 5.56 Å². The zero-order chi connectivity index (χ0) is 24.4. The number of hydrogen-bond donors (Lipinski definition) is 1. The molecule has 9 nitrogen and oxygen atoms in total. The summed E-state index contributed by atoms with van der Waals surface area (Å²) in [7, 11) is 0. The molecule has 4 unspecified atom stereocenters. The summed E-state index contributed by atoms with van der Waals surface area (Å²) in [5.41, 5.74) is -0.370. The number of carbonyl (C=O) groups is 1. The summed E-state index contributed by atoms with van der Waals surface area (Å²) < 4.78 is 25.7. The quantitative estimate of drug-likeness (QED) is 0.519. The van der Waals surface area contributed by atoms with Crippen LogP contribution >= 0.6 is 0 Å². The van der Waals surface area contributed by atoms with Gasteiger partial charge < -0.3 is 18.9 Å². The molecule has 35 heavy (non-hydrogen) atoms. The van der Waals surface area contributed by atoms with E-state index in [0.717, 1.165) is 5.56 Å². The van der Waals surface area contributed by atoms with Crippen molar-refractivity contribution in [3.63, 3.8) is 0 Å². The topological polar surface area (TPSA) is 109 Å². The second-order valence-electron chi connectivity index (χ2n) is 8.86. The van der Waals surface area contributed by atoms with Gasteiger partial charge in [0.05, 0.1) is 24.9 Å². The van der Waals surface area contributed by atoms with Crippen molar-refractivity contribution >= 4 is 5.97 Å². The van der Waals surface area contributed by atoms with Gasteiger partial charge in [-0.1, -0.05) is 48.5 Å². The molecule has 2 aliphatic rings. The first-order chi connectivity index (χ1) is 16.9. The predicted octanol–water partition coefficient (Wildman–Crippen LogP) is 2.34. The Morgan fingerprint density at radius 1 is 1.11 bits per heavy atom. The number of nitrogens with one attached hydrogen (secondary N) is 1. The van der Waals surface area contributed by atoms with Gasteiger partial charge in [0.1, 0.15) is 18.9 Å².